The van der Waals surface area contributed by atoms with Crippen LogP contribution < -0.4 is 5.32 Å². The van der Waals surface area contributed by atoms with Crippen LogP contribution in [0.3, 0.4) is 0 Å². The first-order chi connectivity index (χ1) is 11.7. The molecule has 11 heteroatoms. The van der Waals surface area contributed by atoms with Gasteiger partial charge in [-0.2, -0.15) is 0 Å². The number of hydrogen-bond donors (Lipinski definition) is 7. The minimum absolute atomic E-state index is 0.533. The summed E-state index contributed by atoms with van der Waals surface area (Å²) in [7, 11) is 0. The highest BCUT2D eigenvalue weighted by Crippen LogP contribution is 2.28. The van der Waals surface area contributed by atoms with E-state index in [1.165, 1.54) is 13.8 Å². The highest BCUT2D eigenvalue weighted by molar-refractivity contribution is 5.73. The molecule has 0 unspecified atom stereocenters. The Kier molecular flexibility index (Phi) is 6.70. The molecule has 2 rings (SSSR count). The van der Waals surface area contributed by atoms with Crippen LogP contribution in [0.4, 0.5) is 0 Å². The van der Waals surface area contributed by atoms with E-state index in [9.17, 15) is 35.4 Å². The molecule has 2 aliphatic rings. The molecule has 11 nitrogen and oxygen atoms in total. The number of carbonyl (C=O) groups excluding carboxylic acids is 1. The van der Waals surface area contributed by atoms with Gasteiger partial charge in [0.25, 0.3) is 0 Å². The highest BCUT2D eigenvalue weighted by atomic mass is 16.7. The van der Waals surface area contributed by atoms with Crippen molar-refractivity contribution in [2.45, 2.75) is 75.2 Å². The first-order valence-corrected chi connectivity index (χ1v) is 7.92. The van der Waals surface area contributed by atoms with E-state index in [0.717, 1.165) is 0 Å². The number of aliphatic hydroxyl groups excluding tert-OH is 6. The van der Waals surface area contributed by atoms with Gasteiger partial charge in [0.2, 0.25) is 5.91 Å². The number of amides is 1. The van der Waals surface area contributed by atoms with Crippen LogP contribution in [-0.4, -0.2) is 105 Å². The quantitative estimate of drug-likeness (QED) is 0.257. The maximum Gasteiger partial charge on any atom is 0.217 e. The fourth-order valence-corrected chi connectivity index (χ4v) is 2.92. The van der Waals surface area contributed by atoms with Gasteiger partial charge >= 0.3 is 0 Å². The van der Waals surface area contributed by atoms with Gasteiger partial charge < -0.3 is 50.2 Å². The van der Waals surface area contributed by atoms with Gasteiger partial charge in [-0.25, -0.2) is 0 Å². The van der Waals surface area contributed by atoms with Gasteiger partial charge in [-0.3, -0.25) is 4.79 Å². The Morgan fingerprint density at radius 1 is 1.04 bits per heavy atom. The van der Waals surface area contributed by atoms with Crippen molar-refractivity contribution >= 4 is 5.91 Å². The van der Waals surface area contributed by atoms with E-state index in [0.29, 0.717) is 0 Å². The molecular weight excluding hydrogens is 342 g/mol. The van der Waals surface area contributed by atoms with Crippen molar-refractivity contribution in [1.82, 2.24) is 5.32 Å². The summed E-state index contributed by atoms with van der Waals surface area (Å²) >= 11 is 0. The van der Waals surface area contributed by atoms with Gasteiger partial charge in [0, 0.05) is 6.92 Å². The van der Waals surface area contributed by atoms with Crippen LogP contribution in [0.25, 0.3) is 0 Å². The number of nitrogens with one attached hydrogen (secondary N) is 1. The second kappa shape index (κ2) is 8.20. The van der Waals surface area contributed by atoms with E-state index >= 15 is 0 Å². The van der Waals surface area contributed by atoms with Gasteiger partial charge in [0.15, 0.2) is 12.6 Å². The largest absolute Gasteiger partial charge is 0.394 e. The summed E-state index contributed by atoms with van der Waals surface area (Å²) in [6.45, 7) is 2.01. The van der Waals surface area contributed by atoms with Gasteiger partial charge in [-0.15, -0.1) is 0 Å². The topological polar surface area (TPSA) is 178 Å². The van der Waals surface area contributed by atoms with Crippen molar-refractivity contribution in [3.05, 3.63) is 0 Å². The van der Waals surface area contributed by atoms with Crippen molar-refractivity contribution in [3.63, 3.8) is 0 Å². The summed E-state index contributed by atoms with van der Waals surface area (Å²) in [6.07, 6.45) is -12.3. The molecule has 0 saturated carbocycles. The van der Waals surface area contributed by atoms with Crippen molar-refractivity contribution in [2.75, 3.05) is 6.61 Å². The van der Waals surface area contributed by atoms with Crippen molar-refractivity contribution < 1.29 is 49.6 Å². The highest BCUT2D eigenvalue weighted by Gasteiger charge is 2.50. The summed E-state index contributed by atoms with van der Waals surface area (Å²) in [4.78, 5) is 11.2. The second-order valence-corrected chi connectivity index (χ2v) is 6.25. The van der Waals surface area contributed by atoms with Crippen LogP contribution in [0.2, 0.25) is 0 Å². The van der Waals surface area contributed by atoms with Gasteiger partial charge in [0.05, 0.1) is 12.7 Å². The molecule has 0 spiro atoms. The SMILES string of the molecule is CC(=O)N[C@@H]1[C@@H](O)[C@H](O[C@@H]2O[C@@H](C)[C@@H](O)[C@@H](O)[C@@H]2O)[C@@H](CO)O[C@@H]1O. The van der Waals surface area contributed by atoms with Crippen LogP contribution in [-0.2, 0) is 19.0 Å². The van der Waals surface area contributed by atoms with Gasteiger partial charge in [0.1, 0.15) is 42.7 Å². The fourth-order valence-electron chi connectivity index (χ4n) is 2.92. The van der Waals surface area contributed by atoms with E-state index in [2.05, 4.69) is 5.32 Å². The van der Waals surface area contributed by atoms with Crippen LogP contribution in [0.5, 0.6) is 0 Å². The Balaban J connectivity index is 2.15. The van der Waals surface area contributed by atoms with E-state index < -0.39 is 73.9 Å². The van der Waals surface area contributed by atoms with E-state index in [1.54, 1.807) is 0 Å². The zero-order valence-corrected chi connectivity index (χ0v) is 13.8. The second-order valence-electron chi connectivity index (χ2n) is 6.25. The molecule has 2 heterocycles. The minimum atomic E-state index is -1.62. The Hall–Kier alpha value is -0.890. The minimum Gasteiger partial charge on any atom is -0.394 e. The molecule has 25 heavy (non-hydrogen) atoms. The average Bonchev–Trinajstić information content (AvgIpc) is 2.56. The number of aliphatic hydroxyl groups is 6. The lowest BCUT2D eigenvalue weighted by atomic mass is 9.95. The normalized spacial score (nSPS) is 48.2. The lowest BCUT2D eigenvalue weighted by molar-refractivity contribution is -0.341. The molecule has 10 atom stereocenters. The molecule has 0 aromatic rings. The molecule has 0 radical (unpaired) electrons. The fraction of sp³-hybridized carbons (Fsp3) is 0.929. The summed E-state index contributed by atoms with van der Waals surface area (Å²) < 4.78 is 15.9. The molecule has 2 fully saturated rings. The Morgan fingerprint density at radius 2 is 1.68 bits per heavy atom. The zero-order chi connectivity index (χ0) is 18.9. The number of carbonyl (C=O) groups is 1. The third-order valence-corrected chi connectivity index (χ3v) is 4.34. The summed E-state index contributed by atoms with van der Waals surface area (Å²) in [5.41, 5.74) is 0. The van der Waals surface area contributed by atoms with Crippen LogP contribution in [0, 0.1) is 0 Å². The monoisotopic (exact) mass is 367 g/mol. The Labute approximate surface area is 143 Å². The number of hydrogen-bond acceptors (Lipinski definition) is 10. The maximum atomic E-state index is 11.2. The molecule has 2 saturated heterocycles. The Morgan fingerprint density at radius 3 is 2.24 bits per heavy atom. The van der Waals surface area contributed by atoms with E-state index in [1.807, 2.05) is 0 Å². The Bertz CT molecular complexity index is 465. The predicted octanol–water partition coefficient (Wildman–Crippen LogP) is -4.23. The molecule has 1 amide bonds. The molecule has 7 N–H and O–H groups in total. The maximum absolute atomic E-state index is 11.2. The van der Waals surface area contributed by atoms with Crippen LogP contribution in [0.1, 0.15) is 13.8 Å². The number of ether oxygens (including phenoxy) is 3. The molecule has 0 aromatic heterocycles. The number of rotatable bonds is 4. The standard InChI is InChI=1S/C14H25NO10/c1-4-8(18)10(20)11(21)14(23-4)25-12-6(3-16)24-13(22)7(9(12)19)15-5(2)17/h4,6-14,16,18-22H,3H2,1-2H3,(H,15,17)/t4-,6+,7+,8+,9+,10+,11-,12+,13-,14-/m0/s1. The van der Waals surface area contributed by atoms with Crippen molar-refractivity contribution in [3.8, 4) is 0 Å². The third-order valence-electron chi connectivity index (χ3n) is 4.34. The van der Waals surface area contributed by atoms with Crippen molar-refractivity contribution in [1.29, 1.82) is 0 Å². The predicted molar refractivity (Wildman–Crippen MR) is 78.8 cm³/mol. The van der Waals surface area contributed by atoms with Gasteiger partial charge in [-0.05, 0) is 6.92 Å². The first-order valence-electron chi connectivity index (χ1n) is 7.92. The molecule has 146 valence electrons. The summed E-state index contributed by atoms with van der Waals surface area (Å²) in [6, 6.07) is -1.24. The summed E-state index contributed by atoms with van der Waals surface area (Å²) in [5, 5.41) is 61.5. The zero-order valence-electron chi connectivity index (χ0n) is 13.8. The molecule has 0 aromatic carbocycles. The van der Waals surface area contributed by atoms with E-state index in [-0.39, 0.29) is 0 Å². The molecule has 0 aliphatic carbocycles. The van der Waals surface area contributed by atoms with Gasteiger partial charge in [-0.1, -0.05) is 0 Å². The molecule has 2 aliphatic heterocycles. The van der Waals surface area contributed by atoms with Crippen LogP contribution in [0.15, 0.2) is 0 Å². The average molecular weight is 367 g/mol. The third kappa shape index (κ3) is 4.27. The molecular formula is C14H25NO10. The summed E-state index contributed by atoms with van der Waals surface area (Å²) in [5.74, 6) is -0.533. The van der Waals surface area contributed by atoms with E-state index in [4.69, 9.17) is 14.2 Å². The van der Waals surface area contributed by atoms with Crippen LogP contribution >= 0.6 is 0 Å². The lowest BCUT2D eigenvalue weighted by Gasteiger charge is -2.46. The lowest BCUT2D eigenvalue weighted by Crippen LogP contribution is -2.66. The van der Waals surface area contributed by atoms with Crippen molar-refractivity contribution in [2.24, 2.45) is 0 Å². The smallest absolute Gasteiger partial charge is 0.217 e. The molecule has 0 bridgehead atoms. The first kappa shape index (κ1) is 20.4.